The summed E-state index contributed by atoms with van der Waals surface area (Å²) in [6.45, 7) is 11.5. The van der Waals surface area contributed by atoms with Gasteiger partial charge in [-0.1, -0.05) is 60.5 Å². The summed E-state index contributed by atoms with van der Waals surface area (Å²) in [5.74, 6) is -0.748. The van der Waals surface area contributed by atoms with Gasteiger partial charge in [-0.3, -0.25) is 13.9 Å². The van der Waals surface area contributed by atoms with Crippen LogP contribution in [0.15, 0.2) is 71.6 Å². The topological polar surface area (TPSA) is 86.8 Å². The fourth-order valence-corrected chi connectivity index (χ4v) is 5.84. The van der Waals surface area contributed by atoms with Crippen LogP contribution in [0.3, 0.4) is 0 Å². The molecule has 0 spiro atoms. The van der Waals surface area contributed by atoms with Crippen LogP contribution in [0.1, 0.15) is 48.1 Å². The van der Waals surface area contributed by atoms with Crippen LogP contribution in [0.4, 0.5) is 5.69 Å². The van der Waals surface area contributed by atoms with Crippen molar-refractivity contribution in [2.45, 2.75) is 65.4 Å². The lowest BCUT2D eigenvalue weighted by Gasteiger charge is -2.32. The lowest BCUT2D eigenvalue weighted by atomic mass is 10.1. The van der Waals surface area contributed by atoms with Crippen molar-refractivity contribution in [3.8, 4) is 0 Å². The number of rotatable bonds is 11. The average Bonchev–Trinajstić information content (AvgIpc) is 2.88. The molecule has 3 rings (SSSR count). The lowest BCUT2D eigenvalue weighted by Crippen LogP contribution is -2.51. The van der Waals surface area contributed by atoms with Crippen LogP contribution in [0.25, 0.3) is 0 Å². The van der Waals surface area contributed by atoms with Crippen LogP contribution in [0.2, 0.25) is 0 Å². The molecule has 0 aromatic heterocycles. The van der Waals surface area contributed by atoms with Crippen LogP contribution in [0, 0.1) is 27.7 Å². The number of hydrogen-bond donors (Lipinski definition) is 1. The molecule has 0 aliphatic carbocycles. The largest absolute Gasteiger partial charge is 0.354 e. The van der Waals surface area contributed by atoms with Gasteiger partial charge in [0, 0.05) is 13.1 Å². The molecular formula is C31H39N3O4S. The Hall–Kier alpha value is -3.65. The van der Waals surface area contributed by atoms with Gasteiger partial charge < -0.3 is 10.2 Å². The summed E-state index contributed by atoms with van der Waals surface area (Å²) in [6, 6.07) is 19.0. The predicted octanol–water partition coefficient (Wildman–Crippen LogP) is 5.06. The third-order valence-corrected chi connectivity index (χ3v) is 8.32. The molecule has 0 heterocycles. The van der Waals surface area contributed by atoms with Crippen molar-refractivity contribution in [3.05, 3.63) is 94.5 Å². The third kappa shape index (κ3) is 7.69. The molecule has 3 aromatic carbocycles. The summed E-state index contributed by atoms with van der Waals surface area (Å²) in [4.78, 5) is 28.5. The van der Waals surface area contributed by atoms with Crippen LogP contribution in [0.5, 0.6) is 0 Å². The molecule has 208 valence electrons. The van der Waals surface area contributed by atoms with Gasteiger partial charge in [-0.2, -0.15) is 0 Å². The van der Waals surface area contributed by atoms with Gasteiger partial charge in [0.2, 0.25) is 11.8 Å². The molecule has 1 unspecified atom stereocenters. The maximum absolute atomic E-state index is 14.0. The molecule has 2 amide bonds. The highest BCUT2D eigenvalue weighted by molar-refractivity contribution is 7.92. The van der Waals surface area contributed by atoms with Gasteiger partial charge in [0.15, 0.2) is 0 Å². The second-order valence-electron chi connectivity index (χ2n) is 10.1. The maximum atomic E-state index is 14.0. The van der Waals surface area contributed by atoms with Gasteiger partial charge >= 0.3 is 0 Å². The zero-order valence-corrected chi connectivity index (χ0v) is 24.5. The Bertz CT molecular complexity index is 1400. The van der Waals surface area contributed by atoms with Crippen molar-refractivity contribution in [3.63, 3.8) is 0 Å². The minimum Gasteiger partial charge on any atom is -0.354 e. The first-order valence-electron chi connectivity index (χ1n) is 13.2. The number of carbonyl (C=O) groups is 2. The fraction of sp³-hybridized carbons (Fsp3) is 0.355. The quantitative estimate of drug-likeness (QED) is 0.362. The van der Waals surface area contributed by atoms with Crippen LogP contribution >= 0.6 is 0 Å². The Morgan fingerprint density at radius 2 is 1.49 bits per heavy atom. The minimum atomic E-state index is -4.09. The monoisotopic (exact) mass is 549 g/mol. The molecule has 0 aliphatic heterocycles. The van der Waals surface area contributed by atoms with Gasteiger partial charge in [0.25, 0.3) is 10.0 Å². The molecule has 0 aliphatic rings. The second kappa shape index (κ2) is 12.9. The zero-order chi connectivity index (χ0) is 28.7. The zero-order valence-electron chi connectivity index (χ0n) is 23.7. The number of nitrogens with zero attached hydrogens (tertiary/aromatic N) is 2. The molecule has 0 bridgehead atoms. The number of sulfonamides is 1. The normalized spacial score (nSPS) is 12.1. The van der Waals surface area contributed by atoms with E-state index in [4.69, 9.17) is 0 Å². The number of benzene rings is 3. The predicted molar refractivity (Wildman–Crippen MR) is 156 cm³/mol. The summed E-state index contributed by atoms with van der Waals surface area (Å²) in [5, 5.41) is 2.86. The van der Waals surface area contributed by atoms with Crippen molar-refractivity contribution in [1.29, 1.82) is 0 Å². The van der Waals surface area contributed by atoms with Crippen LogP contribution < -0.4 is 9.62 Å². The van der Waals surface area contributed by atoms with E-state index in [1.807, 2.05) is 65.0 Å². The summed E-state index contributed by atoms with van der Waals surface area (Å²) < 4.78 is 29.1. The van der Waals surface area contributed by atoms with E-state index in [0.717, 1.165) is 38.5 Å². The van der Waals surface area contributed by atoms with E-state index in [0.29, 0.717) is 12.2 Å². The highest BCUT2D eigenvalue weighted by atomic mass is 32.2. The first kappa shape index (κ1) is 29.9. The molecular weight excluding hydrogens is 510 g/mol. The van der Waals surface area contributed by atoms with Crippen molar-refractivity contribution < 1.29 is 18.0 Å². The number of carbonyl (C=O) groups excluding carboxylic acids is 2. The highest BCUT2D eigenvalue weighted by Crippen LogP contribution is 2.27. The smallest absolute Gasteiger partial charge is 0.264 e. The maximum Gasteiger partial charge on any atom is 0.264 e. The number of hydrogen-bond acceptors (Lipinski definition) is 4. The van der Waals surface area contributed by atoms with Crippen LogP contribution in [-0.4, -0.2) is 44.3 Å². The van der Waals surface area contributed by atoms with Gasteiger partial charge in [0.05, 0.1) is 10.6 Å². The first-order valence-corrected chi connectivity index (χ1v) is 14.7. The molecule has 39 heavy (non-hydrogen) atoms. The first-order chi connectivity index (χ1) is 18.4. The van der Waals surface area contributed by atoms with Gasteiger partial charge in [-0.05, 0) is 82.0 Å². The van der Waals surface area contributed by atoms with E-state index < -0.39 is 28.5 Å². The molecule has 0 saturated heterocycles. The van der Waals surface area contributed by atoms with Crippen LogP contribution in [-0.2, 0) is 26.2 Å². The van der Waals surface area contributed by atoms with E-state index in [-0.39, 0.29) is 17.3 Å². The third-order valence-electron chi connectivity index (χ3n) is 6.53. The summed E-state index contributed by atoms with van der Waals surface area (Å²) in [6.07, 6.45) is 0.763. The number of anilines is 1. The molecule has 7 nitrogen and oxygen atoms in total. The summed E-state index contributed by atoms with van der Waals surface area (Å²) >= 11 is 0. The molecule has 1 N–H and O–H groups in total. The summed E-state index contributed by atoms with van der Waals surface area (Å²) in [7, 11) is -4.09. The standard InChI is InChI=1S/C31H39N3O4S/c1-7-15-32-31(36)26(6)33(20-27-10-8-9-23(3)17-27)30(35)21-34(28-18-24(4)16-25(5)19-28)39(37,38)29-13-11-22(2)12-14-29/h8-14,16-19,26H,7,15,20-21H2,1-6H3,(H,32,36). The van der Waals surface area contributed by atoms with Crippen molar-refractivity contribution in [1.82, 2.24) is 10.2 Å². The Morgan fingerprint density at radius 1 is 0.846 bits per heavy atom. The molecule has 3 aromatic rings. The van der Waals surface area contributed by atoms with E-state index in [9.17, 15) is 18.0 Å². The minimum absolute atomic E-state index is 0.0963. The van der Waals surface area contributed by atoms with Gasteiger partial charge in [-0.25, -0.2) is 8.42 Å². The molecule has 0 radical (unpaired) electrons. The molecule has 0 saturated carbocycles. The van der Waals surface area contributed by atoms with E-state index >= 15 is 0 Å². The van der Waals surface area contributed by atoms with Crippen molar-refractivity contribution in [2.24, 2.45) is 0 Å². The second-order valence-corrected chi connectivity index (χ2v) is 12.0. The SMILES string of the molecule is CCCNC(=O)C(C)N(Cc1cccc(C)c1)C(=O)CN(c1cc(C)cc(C)c1)S(=O)(=O)c1ccc(C)cc1. The Morgan fingerprint density at radius 3 is 2.08 bits per heavy atom. The molecule has 1 atom stereocenters. The summed E-state index contributed by atoms with van der Waals surface area (Å²) in [5.41, 5.74) is 4.98. The van der Waals surface area contributed by atoms with E-state index in [1.165, 1.54) is 4.90 Å². The van der Waals surface area contributed by atoms with Crippen molar-refractivity contribution in [2.75, 3.05) is 17.4 Å². The number of amides is 2. The van der Waals surface area contributed by atoms with E-state index in [1.54, 1.807) is 43.3 Å². The number of nitrogens with one attached hydrogen (secondary N) is 1. The Balaban J connectivity index is 2.05. The molecule has 0 fully saturated rings. The average molecular weight is 550 g/mol. The van der Waals surface area contributed by atoms with E-state index in [2.05, 4.69) is 5.32 Å². The van der Waals surface area contributed by atoms with Gasteiger partial charge in [0.1, 0.15) is 12.6 Å². The number of aryl methyl sites for hydroxylation is 4. The van der Waals surface area contributed by atoms with Crippen molar-refractivity contribution >= 4 is 27.5 Å². The fourth-order valence-electron chi connectivity index (χ4n) is 4.45. The highest BCUT2D eigenvalue weighted by Gasteiger charge is 2.32. The Kier molecular flexibility index (Phi) is 9.92. The lowest BCUT2D eigenvalue weighted by molar-refractivity contribution is -0.139. The Labute approximate surface area is 232 Å². The van der Waals surface area contributed by atoms with Gasteiger partial charge in [-0.15, -0.1) is 0 Å². The molecule has 8 heteroatoms.